The van der Waals surface area contributed by atoms with E-state index in [0.717, 1.165) is 17.1 Å². The van der Waals surface area contributed by atoms with Gasteiger partial charge in [-0.25, -0.2) is 0 Å². The van der Waals surface area contributed by atoms with E-state index in [1.807, 2.05) is 11.3 Å². The zero-order chi connectivity index (χ0) is 40.3. The molecule has 1 heterocycles. The van der Waals surface area contributed by atoms with Gasteiger partial charge in [-0.15, -0.1) is 11.3 Å². The van der Waals surface area contributed by atoms with Crippen molar-refractivity contribution in [2.45, 2.75) is 38.5 Å². The highest BCUT2D eigenvalue weighted by Gasteiger charge is 2.43. The Kier molecular flexibility index (Phi) is 7.56. The summed E-state index contributed by atoms with van der Waals surface area (Å²) in [5.74, 6) is 0. The minimum Gasteiger partial charge on any atom is -0.310 e. The van der Waals surface area contributed by atoms with Crippen molar-refractivity contribution in [3.8, 4) is 44.5 Å². The van der Waals surface area contributed by atoms with Crippen LogP contribution in [0, 0.1) is 0 Å². The Hall–Kier alpha value is -6.74. The molecular formula is C58H43NS. The minimum atomic E-state index is -0.255. The highest BCUT2D eigenvalue weighted by molar-refractivity contribution is 7.25. The molecule has 0 saturated heterocycles. The van der Waals surface area contributed by atoms with Crippen LogP contribution in [-0.2, 0) is 10.8 Å². The van der Waals surface area contributed by atoms with Crippen molar-refractivity contribution in [2.24, 2.45) is 0 Å². The van der Waals surface area contributed by atoms with Crippen molar-refractivity contribution in [2.75, 3.05) is 4.90 Å². The Bertz CT molecular complexity index is 3360. The zero-order valence-corrected chi connectivity index (χ0v) is 35.1. The highest BCUT2D eigenvalue weighted by Crippen LogP contribution is 2.59. The molecule has 0 spiro atoms. The SMILES string of the molecule is CC1(C)c2ccccc2-c2cc3c(cc21)-c1c(-c2ccc4c(c2)sc2ccccc24)cc(N(c2ccc(-c4ccccc4)cc2)c2cccc4ccccc24)cc1C3(C)C. The van der Waals surface area contributed by atoms with Crippen LogP contribution < -0.4 is 4.90 Å². The molecule has 0 fully saturated rings. The van der Waals surface area contributed by atoms with Gasteiger partial charge in [-0.3, -0.25) is 0 Å². The molecule has 0 radical (unpaired) electrons. The molecule has 0 saturated carbocycles. The number of hydrogen-bond acceptors (Lipinski definition) is 2. The lowest BCUT2D eigenvalue weighted by atomic mass is 9.79. The molecule has 2 aliphatic rings. The molecule has 12 rings (SSSR count). The van der Waals surface area contributed by atoms with Gasteiger partial charge in [-0.2, -0.15) is 0 Å². The van der Waals surface area contributed by atoms with E-state index < -0.39 is 0 Å². The molecule has 0 unspecified atom stereocenters. The predicted molar refractivity (Wildman–Crippen MR) is 258 cm³/mol. The summed E-state index contributed by atoms with van der Waals surface area (Å²) in [7, 11) is 0. The maximum Gasteiger partial charge on any atom is 0.0540 e. The molecular weight excluding hydrogens is 743 g/mol. The van der Waals surface area contributed by atoms with Crippen LogP contribution in [0.2, 0.25) is 0 Å². The summed E-state index contributed by atoms with van der Waals surface area (Å²) >= 11 is 1.89. The second kappa shape index (κ2) is 12.9. The Labute approximate surface area is 355 Å². The van der Waals surface area contributed by atoms with Gasteiger partial charge in [0.25, 0.3) is 0 Å². The topological polar surface area (TPSA) is 3.24 Å². The summed E-state index contributed by atoms with van der Waals surface area (Å²) in [6, 6.07) is 70.5. The van der Waals surface area contributed by atoms with E-state index in [4.69, 9.17) is 0 Å². The molecule has 2 aliphatic carbocycles. The average Bonchev–Trinajstić information content (AvgIpc) is 3.85. The number of rotatable bonds is 5. The van der Waals surface area contributed by atoms with Crippen molar-refractivity contribution >= 4 is 59.3 Å². The van der Waals surface area contributed by atoms with Crippen molar-refractivity contribution in [1.29, 1.82) is 0 Å². The Balaban J connectivity index is 1.14. The lowest BCUT2D eigenvalue weighted by Crippen LogP contribution is -2.18. The molecule has 9 aromatic carbocycles. The smallest absolute Gasteiger partial charge is 0.0540 e. The first-order chi connectivity index (χ1) is 29.3. The maximum absolute atomic E-state index is 2.56. The van der Waals surface area contributed by atoms with Crippen LogP contribution in [0.1, 0.15) is 49.9 Å². The molecule has 0 amide bonds. The second-order valence-corrected chi connectivity index (χ2v) is 18.8. The fraction of sp³-hybridized carbons (Fsp3) is 0.103. The van der Waals surface area contributed by atoms with Crippen molar-refractivity contribution in [3.05, 3.63) is 210 Å². The normalized spacial score (nSPS) is 14.3. The summed E-state index contributed by atoms with van der Waals surface area (Å²) in [5.41, 5.74) is 19.1. The Morgan fingerprint density at radius 2 is 1.00 bits per heavy atom. The second-order valence-electron chi connectivity index (χ2n) is 17.7. The summed E-state index contributed by atoms with van der Waals surface area (Å²) < 4.78 is 2.65. The van der Waals surface area contributed by atoms with Gasteiger partial charge in [-0.05, 0) is 127 Å². The molecule has 1 aromatic heterocycles. The molecule has 286 valence electrons. The van der Waals surface area contributed by atoms with Crippen LogP contribution in [0.5, 0.6) is 0 Å². The quantitative estimate of drug-likeness (QED) is 0.168. The third-order valence-corrected chi connectivity index (χ3v) is 14.8. The van der Waals surface area contributed by atoms with Crippen LogP contribution in [-0.4, -0.2) is 0 Å². The number of nitrogens with zero attached hydrogens (tertiary/aromatic N) is 1. The third-order valence-electron chi connectivity index (χ3n) is 13.6. The van der Waals surface area contributed by atoms with E-state index in [9.17, 15) is 0 Å². The van der Waals surface area contributed by atoms with Crippen LogP contribution in [0.4, 0.5) is 17.1 Å². The van der Waals surface area contributed by atoms with Gasteiger partial charge in [0.15, 0.2) is 0 Å². The Morgan fingerprint density at radius 1 is 0.367 bits per heavy atom. The van der Waals surface area contributed by atoms with E-state index in [1.54, 1.807) is 0 Å². The van der Waals surface area contributed by atoms with Crippen LogP contribution >= 0.6 is 11.3 Å². The first-order valence-corrected chi connectivity index (χ1v) is 21.9. The van der Waals surface area contributed by atoms with Gasteiger partial charge in [0.2, 0.25) is 0 Å². The molecule has 10 aromatic rings. The van der Waals surface area contributed by atoms with Crippen molar-refractivity contribution in [3.63, 3.8) is 0 Å². The number of thiophene rings is 1. The van der Waals surface area contributed by atoms with Gasteiger partial charge < -0.3 is 4.90 Å². The van der Waals surface area contributed by atoms with Gasteiger partial charge in [0.1, 0.15) is 0 Å². The lowest BCUT2D eigenvalue weighted by molar-refractivity contribution is 0.652. The first kappa shape index (κ1) is 35.2. The zero-order valence-electron chi connectivity index (χ0n) is 34.3. The minimum absolute atomic E-state index is 0.0962. The van der Waals surface area contributed by atoms with E-state index in [2.05, 4.69) is 221 Å². The lowest BCUT2D eigenvalue weighted by Gasteiger charge is -2.30. The summed E-state index contributed by atoms with van der Waals surface area (Å²) in [6.45, 7) is 9.68. The van der Waals surface area contributed by atoms with Crippen LogP contribution in [0.25, 0.3) is 75.5 Å². The maximum atomic E-state index is 2.56. The largest absolute Gasteiger partial charge is 0.310 e. The van der Waals surface area contributed by atoms with E-state index in [0.29, 0.717) is 0 Å². The van der Waals surface area contributed by atoms with E-state index >= 15 is 0 Å². The molecule has 0 bridgehead atoms. The van der Waals surface area contributed by atoms with Crippen LogP contribution in [0.15, 0.2) is 188 Å². The van der Waals surface area contributed by atoms with Gasteiger partial charge >= 0.3 is 0 Å². The van der Waals surface area contributed by atoms with Crippen LogP contribution in [0.3, 0.4) is 0 Å². The fourth-order valence-corrected chi connectivity index (χ4v) is 11.7. The molecule has 0 N–H and O–H groups in total. The summed E-state index contributed by atoms with van der Waals surface area (Å²) in [4.78, 5) is 2.50. The summed E-state index contributed by atoms with van der Waals surface area (Å²) in [5, 5.41) is 5.09. The highest BCUT2D eigenvalue weighted by atomic mass is 32.1. The number of anilines is 3. The van der Waals surface area contributed by atoms with Crippen molar-refractivity contribution in [1.82, 2.24) is 0 Å². The van der Waals surface area contributed by atoms with Gasteiger partial charge in [-0.1, -0.05) is 161 Å². The Morgan fingerprint density at radius 3 is 1.85 bits per heavy atom. The molecule has 0 atom stereocenters. The molecule has 1 nitrogen and oxygen atoms in total. The van der Waals surface area contributed by atoms with E-state index in [-0.39, 0.29) is 10.8 Å². The van der Waals surface area contributed by atoms with Gasteiger partial charge in [0, 0.05) is 47.8 Å². The third kappa shape index (κ3) is 5.11. The number of fused-ring (bicyclic) bond motifs is 10. The average molecular weight is 786 g/mol. The fourth-order valence-electron chi connectivity index (χ4n) is 10.5. The summed E-state index contributed by atoms with van der Waals surface area (Å²) in [6.07, 6.45) is 0. The van der Waals surface area contributed by atoms with Gasteiger partial charge in [0.05, 0.1) is 5.69 Å². The predicted octanol–water partition coefficient (Wildman–Crippen LogP) is 16.6. The van der Waals surface area contributed by atoms with E-state index in [1.165, 1.54) is 97.7 Å². The molecule has 2 heteroatoms. The number of hydrogen-bond donors (Lipinski definition) is 0. The first-order valence-electron chi connectivity index (χ1n) is 21.1. The molecule has 60 heavy (non-hydrogen) atoms. The monoisotopic (exact) mass is 785 g/mol. The number of benzene rings is 9. The standard InChI is InChI=1S/C58H43NS/c1-57(2)49-22-12-10-20-43(49)47-34-51-48(35-50(47)57)56-46(39-27-30-45-44-21-11-13-24-54(44)60-55(45)31-39)32-41(33-52(56)58(51,3)4)59(53-23-14-18-38-17-8-9-19-42(38)53)40-28-25-37(26-29-40)36-15-6-5-7-16-36/h5-35H,1-4H3. The van der Waals surface area contributed by atoms with Crippen molar-refractivity contribution < 1.29 is 0 Å². The molecule has 0 aliphatic heterocycles.